The summed E-state index contributed by atoms with van der Waals surface area (Å²) in [4.78, 5) is 0. The van der Waals surface area contributed by atoms with Gasteiger partial charge in [-0.3, -0.25) is 0 Å². The van der Waals surface area contributed by atoms with Gasteiger partial charge in [0, 0.05) is 26.8 Å². The molecule has 3 nitrogen and oxygen atoms in total. The average Bonchev–Trinajstić information content (AvgIpc) is 3.24. The molecule has 0 aromatic heterocycles. The fourth-order valence-electron chi connectivity index (χ4n) is 2.41. The van der Waals surface area contributed by atoms with Gasteiger partial charge in [0.05, 0.1) is 12.7 Å². The van der Waals surface area contributed by atoms with Crippen LogP contribution in [0.5, 0.6) is 0 Å². The molecule has 2 atom stereocenters. The molecule has 2 unspecified atom stereocenters. The summed E-state index contributed by atoms with van der Waals surface area (Å²) in [6.07, 6.45) is 2.78. The molecule has 1 aliphatic rings. The van der Waals surface area contributed by atoms with E-state index in [0.29, 0.717) is 12.6 Å². The Morgan fingerprint density at radius 2 is 1.89 bits per heavy atom. The zero-order valence-electron chi connectivity index (χ0n) is 12.2. The van der Waals surface area contributed by atoms with Crippen LogP contribution in [0.2, 0.25) is 0 Å². The summed E-state index contributed by atoms with van der Waals surface area (Å²) in [6, 6.07) is 9.31. The lowest BCUT2D eigenvalue weighted by molar-refractivity contribution is 0.0269. The van der Waals surface area contributed by atoms with Crippen molar-refractivity contribution in [3.8, 4) is 0 Å². The van der Waals surface area contributed by atoms with Crippen LogP contribution in [0.25, 0.3) is 0 Å². The number of hydrogen-bond acceptors (Lipinski definition) is 3. The molecule has 0 spiro atoms. The Balaban J connectivity index is 1.94. The first kappa shape index (κ1) is 14.5. The highest BCUT2D eigenvalue weighted by atomic mass is 16.5. The number of nitrogens with one attached hydrogen (secondary N) is 1. The normalized spacial score (nSPS) is 18.3. The Morgan fingerprint density at radius 1 is 1.21 bits per heavy atom. The predicted octanol–water partition coefficient (Wildman–Crippen LogP) is 2.70. The van der Waals surface area contributed by atoms with Crippen molar-refractivity contribution in [2.75, 3.05) is 27.4 Å². The zero-order valence-corrected chi connectivity index (χ0v) is 12.2. The summed E-state index contributed by atoms with van der Waals surface area (Å²) in [7, 11) is 3.45. The molecule has 1 aromatic carbocycles. The molecule has 1 N–H and O–H groups in total. The van der Waals surface area contributed by atoms with Crippen molar-refractivity contribution in [1.29, 1.82) is 0 Å². The first-order chi connectivity index (χ1) is 9.24. The largest absolute Gasteiger partial charge is 0.382 e. The fourth-order valence-corrected chi connectivity index (χ4v) is 2.41. The first-order valence-corrected chi connectivity index (χ1v) is 7.06. The highest BCUT2D eigenvalue weighted by Gasteiger charge is 2.32. The van der Waals surface area contributed by atoms with Gasteiger partial charge >= 0.3 is 0 Å². The van der Waals surface area contributed by atoms with Crippen LogP contribution < -0.4 is 5.32 Å². The Hall–Kier alpha value is -0.900. The number of benzene rings is 1. The summed E-state index contributed by atoms with van der Waals surface area (Å²) in [5, 5.41) is 3.65. The van der Waals surface area contributed by atoms with Gasteiger partial charge in [0.25, 0.3) is 0 Å². The van der Waals surface area contributed by atoms with E-state index in [-0.39, 0.29) is 6.10 Å². The minimum Gasteiger partial charge on any atom is -0.382 e. The third-order valence-corrected chi connectivity index (χ3v) is 3.78. The zero-order chi connectivity index (χ0) is 13.7. The van der Waals surface area contributed by atoms with E-state index < -0.39 is 0 Å². The third kappa shape index (κ3) is 4.30. The van der Waals surface area contributed by atoms with Crippen LogP contribution in [0.4, 0.5) is 0 Å². The summed E-state index contributed by atoms with van der Waals surface area (Å²) in [5.74, 6) is 0.780. The van der Waals surface area contributed by atoms with E-state index in [1.165, 1.54) is 24.0 Å². The first-order valence-electron chi connectivity index (χ1n) is 7.06. The lowest BCUT2D eigenvalue weighted by Gasteiger charge is -2.22. The van der Waals surface area contributed by atoms with Crippen molar-refractivity contribution in [2.24, 2.45) is 5.92 Å². The Morgan fingerprint density at radius 3 is 2.42 bits per heavy atom. The van der Waals surface area contributed by atoms with Crippen molar-refractivity contribution in [3.05, 3.63) is 35.4 Å². The molecular weight excluding hydrogens is 238 g/mol. The van der Waals surface area contributed by atoms with E-state index in [2.05, 4.69) is 36.5 Å². The molecule has 1 saturated carbocycles. The van der Waals surface area contributed by atoms with Crippen LogP contribution in [-0.2, 0) is 9.47 Å². The van der Waals surface area contributed by atoms with E-state index in [9.17, 15) is 0 Å². The molecule has 0 saturated heterocycles. The van der Waals surface area contributed by atoms with Crippen LogP contribution in [0, 0.1) is 12.8 Å². The Bertz CT molecular complexity index is 373. The smallest absolute Gasteiger partial charge is 0.0928 e. The van der Waals surface area contributed by atoms with Crippen molar-refractivity contribution < 1.29 is 9.47 Å². The molecule has 0 heterocycles. The predicted molar refractivity (Wildman–Crippen MR) is 77.3 cm³/mol. The molecule has 0 aliphatic heterocycles. The van der Waals surface area contributed by atoms with Crippen LogP contribution in [0.15, 0.2) is 24.3 Å². The van der Waals surface area contributed by atoms with E-state index in [4.69, 9.17) is 9.47 Å². The van der Waals surface area contributed by atoms with Gasteiger partial charge in [-0.05, 0) is 31.2 Å². The third-order valence-electron chi connectivity index (χ3n) is 3.78. The van der Waals surface area contributed by atoms with Crippen molar-refractivity contribution in [3.63, 3.8) is 0 Å². The monoisotopic (exact) mass is 263 g/mol. The van der Waals surface area contributed by atoms with Gasteiger partial charge < -0.3 is 14.8 Å². The van der Waals surface area contributed by atoms with Gasteiger partial charge in [-0.1, -0.05) is 29.8 Å². The highest BCUT2D eigenvalue weighted by Crippen LogP contribution is 2.40. The maximum atomic E-state index is 5.41. The van der Waals surface area contributed by atoms with E-state index in [1.54, 1.807) is 14.2 Å². The molecule has 1 fully saturated rings. The van der Waals surface area contributed by atoms with Crippen LogP contribution in [0.1, 0.15) is 30.0 Å². The maximum Gasteiger partial charge on any atom is 0.0928 e. The van der Waals surface area contributed by atoms with Gasteiger partial charge in [-0.2, -0.15) is 0 Å². The van der Waals surface area contributed by atoms with Gasteiger partial charge in [0.2, 0.25) is 0 Å². The maximum absolute atomic E-state index is 5.41. The SMILES string of the molecule is COCC(CNC(c1ccc(C)cc1)C1CC1)OC. The molecule has 0 radical (unpaired) electrons. The minimum atomic E-state index is 0.122. The lowest BCUT2D eigenvalue weighted by atomic mass is 10.0. The topological polar surface area (TPSA) is 30.5 Å². The van der Waals surface area contributed by atoms with Crippen LogP contribution in [-0.4, -0.2) is 33.5 Å². The number of methoxy groups -OCH3 is 2. The molecule has 19 heavy (non-hydrogen) atoms. The molecule has 2 rings (SSSR count). The van der Waals surface area contributed by atoms with Crippen molar-refractivity contribution in [2.45, 2.75) is 31.9 Å². The Kier molecular flexibility index (Phi) is 5.37. The second kappa shape index (κ2) is 7.04. The van der Waals surface area contributed by atoms with Crippen molar-refractivity contribution >= 4 is 0 Å². The second-order valence-electron chi connectivity index (χ2n) is 5.45. The molecule has 106 valence electrons. The standard InChI is InChI=1S/C16H25NO2/c1-12-4-6-13(7-5-12)16(14-8-9-14)17-10-15(19-3)11-18-2/h4-7,14-17H,8-11H2,1-3H3. The van der Waals surface area contributed by atoms with Gasteiger partial charge in [-0.25, -0.2) is 0 Å². The Labute approximate surface area is 116 Å². The van der Waals surface area contributed by atoms with E-state index in [1.807, 2.05) is 0 Å². The molecule has 3 heteroatoms. The van der Waals surface area contributed by atoms with E-state index >= 15 is 0 Å². The summed E-state index contributed by atoms with van der Waals surface area (Å²) in [6.45, 7) is 3.59. The molecular formula is C16H25NO2. The quantitative estimate of drug-likeness (QED) is 0.782. The summed E-state index contributed by atoms with van der Waals surface area (Å²) >= 11 is 0. The highest BCUT2D eigenvalue weighted by molar-refractivity contribution is 5.25. The molecule has 0 amide bonds. The van der Waals surface area contributed by atoms with E-state index in [0.717, 1.165) is 12.5 Å². The van der Waals surface area contributed by atoms with Gasteiger partial charge in [-0.15, -0.1) is 0 Å². The number of rotatable bonds is 8. The van der Waals surface area contributed by atoms with Gasteiger partial charge in [0.1, 0.15) is 0 Å². The lowest BCUT2D eigenvalue weighted by Crippen LogP contribution is -2.35. The second-order valence-corrected chi connectivity index (χ2v) is 5.45. The van der Waals surface area contributed by atoms with Crippen LogP contribution in [0.3, 0.4) is 0 Å². The number of aryl methyl sites for hydroxylation is 1. The molecule has 1 aliphatic carbocycles. The molecule has 0 bridgehead atoms. The molecule has 1 aromatic rings. The minimum absolute atomic E-state index is 0.122. The van der Waals surface area contributed by atoms with Crippen LogP contribution >= 0.6 is 0 Å². The van der Waals surface area contributed by atoms with Crippen molar-refractivity contribution in [1.82, 2.24) is 5.32 Å². The van der Waals surface area contributed by atoms with Gasteiger partial charge in [0.15, 0.2) is 0 Å². The number of hydrogen-bond donors (Lipinski definition) is 1. The average molecular weight is 263 g/mol. The summed E-state index contributed by atoms with van der Waals surface area (Å²) in [5.41, 5.74) is 2.70. The fraction of sp³-hybridized carbons (Fsp3) is 0.625. The number of ether oxygens (including phenoxy) is 2. The summed E-state index contributed by atoms with van der Waals surface area (Å²) < 4.78 is 10.6.